The number of hydrogen-bond acceptors (Lipinski definition) is 5. The lowest BCUT2D eigenvalue weighted by Gasteiger charge is -2.34. The molecule has 0 saturated carbocycles. The average Bonchev–Trinajstić information content (AvgIpc) is 3.22. The molecule has 0 N–H and O–H groups in total. The Bertz CT molecular complexity index is 1150. The largest absolute Gasteiger partial charge is 0.490 e. The number of ether oxygens (including phenoxy) is 2. The topological polar surface area (TPSA) is 76.2 Å². The molecule has 2 aromatic rings. The highest BCUT2D eigenvalue weighted by atomic mass is 32.2. The Labute approximate surface area is 199 Å². The van der Waals surface area contributed by atoms with E-state index in [2.05, 4.69) is 0 Å². The van der Waals surface area contributed by atoms with E-state index in [4.69, 9.17) is 9.47 Å². The van der Waals surface area contributed by atoms with Crippen LogP contribution in [-0.4, -0.2) is 56.4 Å². The monoisotopic (exact) mass is 488 g/mol. The molecule has 1 atom stereocenters. The maximum atomic E-state index is 13.5. The smallest absolute Gasteiger partial charge is 0.243 e. The second-order valence-electron chi connectivity index (χ2n) is 9.08. The molecule has 9 heteroatoms. The number of likely N-dealkylation sites (tertiary alicyclic amines) is 1. The molecule has 0 aromatic heterocycles. The fourth-order valence-electron chi connectivity index (χ4n) is 5.10. The van der Waals surface area contributed by atoms with E-state index in [1.807, 2.05) is 23.1 Å². The fourth-order valence-corrected chi connectivity index (χ4v) is 6.57. The van der Waals surface area contributed by atoms with Crippen molar-refractivity contribution in [1.29, 1.82) is 0 Å². The highest BCUT2D eigenvalue weighted by molar-refractivity contribution is 7.89. The number of nitrogens with zero attached hydrogens (tertiary/aromatic N) is 2. The van der Waals surface area contributed by atoms with Crippen LogP contribution in [0.3, 0.4) is 0 Å². The minimum atomic E-state index is -3.70. The van der Waals surface area contributed by atoms with Gasteiger partial charge in [-0.2, -0.15) is 4.31 Å². The third-order valence-corrected chi connectivity index (χ3v) is 8.86. The van der Waals surface area contributed by atoms with Crippen LogP contribution in [0.25, 0.3) is 0 Å². The first-order chi connectivity index (χ1) is 16.4. The molecule has 1 amide bonds. The van der Waals surface area contributed by atoms with Gasteiger partial charge in [-0.15, -0.1) is 0 Å². The van der Waals surface area contributed by atoms with Crippen molar-refractivity contribution in [2.24, 2.45) is 5.92 Å². The van der Waals surface area contributed by atoms with Gasteiger partial charge in [-0.05, 0) is 67.6 Å². The average molecular weight is 489 g/mol. The Morgan fingerprint density at radius 2 is 1.59 bits per heavy atom. The van der Waals surface area contributed by atoms with Crippen LogP contribution in [0.15, 0.2) is 47.4 Å². The molecule has 34 heavy (non-hydrogen) atoms. The first-order valence-electron chi connectivity index (χ1n) is 11.9. The number of amides is 1. The lowest BCUT2D eigenvalue weighted by molar-refractivity contribution is -0.137. The van der Waals surface area contributed by atoms with E-state index >= 15 is 0 Å². The number of halogens is 1. The van der Waals surface area contributed by atoms with Crippen molar-refractivity contribution in [1.82, 2.24) is 9.21 Å². The number of piperidine rings is 1. The van der Waals surface area contributed by atoms with E-state index < -0.39 is 15.8 Å². The van der Waals surface area contributed by atoms with Gasteiger partial charge in [0.2, 0.25) is 15.9 Å². The van der Waals surface area contributed by atoms with E-state index in [9.17, 15) is 17.6 Å². The summed E-state index contributed by atoms with van der Waals surface area (Å²) in [4.78, 5) is 15.5. The van der Waals surface area contributed by atoms with Crippen molar-refractivity contribution in [2.75, 3.05) is 32.8 Å². The maximum absolute atomic E-state index is 13.5. The van der Waals surface area contributed by atoms with Crippen molar-refractivity contribution in [3.63, 3.8) is 0 Å². The molecular weight excluding hydrogens is 459 g/mol. The van der Waals surface area contributed by atoms with Gasteiger partial charge >= 0.3 is 0 Å². The molecule has 2 aromatic carbocycles. The van der Waals surface area contributed by atoms with Crippen molar-refractivity contribution >= 4 is 15.9 Å². The molecule has 3 aliphatic rings. The van der Waals surface area contributed by atoms with Gasteiger partial charge in [0, 0.05) is 32.0 Å². The third kappa shape index (κ3) is 4.51. The molecule has 1 unspecified atom stereocenters. The van der Waals surface area contributed by atoms with Crippen LogP contribution in [0, 0.1) is 11.7 Å². The zero-order valence-electron chi connectivity index (χ0n) is 19.0. The van der Waals surface area contributed by atoms with Gasteiger partial charge in [0.1, 0.15) is 5.82 Å². The van der Waals surface area contributed by atoms with E-state index in [-0.39, 0.29) is 35.9 Å². The Balaban J connectivity index is 1.25. The molecule has 0 radical (unpaired) electrons. The van der Waals surface area contributed by atoms with Crippen LogP contribution >= 0.6 is 0 Å². The second kappa shape index (κ2) is 9.54. The predicted octanol–water partition coefficient (Wildman–Crippen LogP) is 3.75. The first-order valence-corrected chi connectivity index (χ1v) is 13.3. The second-order valence-corrected chi connectivity index (χ2v) is 11.0. The molecule has 2 fully saturated rings. The highest BCUT2D eigenvalue weighted by Crippen LogP contribution is 2.39. The van der Waals surface area contributed by atoms with Crippen molar-refractivity contribution < 1.29 is 27.1 Å². The SMILES string of the molecule is O=C(C1CCN(S(=O)(=O)c2ccc(F)cc2)CC1)N1CCCC1c1ccc2c(c1)OCCCO2. The molecule has 5 rings (SSSR count). The maximum Gasteiger partial charge on any atom is 0.243 e. The van der Waals surface area contributed by atoms with E-state index in [0.717, 1.165) is 48.5 Å². The van der Waals surface area contributed by atoms with Crippen LogP contribution in [0.4, 0.5) is 4.39 Å². The van der Waals surface area contributed by atoms with Crippen LogP contribution in [0.2, 0.25) is 0 Å². The molecule has 0 spiro atoms. The Kier molecular flexibility index (Phi) is 6.48. The standard InChI is InChI=1S/C25H29FN2O5S/c26-20-5-7-21(8-6-20)34(30,31)27-13-10-18(11-14-27)25(29)28-12-1-3-22(28)19-4-9-23-24(17-19)33-16-2-15-32-23/h4-9,17-18,22H,1-3,10-16H2. The number of benzene rings is 2. The predicted molar refractivity (Wildman–Crippen MR) is 124 cm³/mol. The molecule has 0 bridgehead atoms. The van der Waals surface area contributed by atoms with Crippen molar-refractivity contribution in [2.45, 2.75) is 43.0 Å². The third-order valence-electron chi connectivity index (χ3n) is 6.95. The van der Waals surface area contributed by atoms with Crippen LogP contribution in [-0.2, 0) is 14.8 Å². The number of sulfonamides is 1. The molecule has 3 heterocycles. The van der Waals surface area contributed by atoms with Gasteiger partial charge in [0.05, 0.1) is 24.2 Å². The molecule has 3 aliphatic heterocycles. The minimum Gasteiger partial charge on any atom is -0.490 e. The molecule has 0 aliphatic carbocycles. The Hall–Kier alpha value is -2.65. The molecule has 182 valence electrons. The van der Waals surface area contributed by atoms with Gasteiger partial charge in [-0.3, -0.25) is 4.79 Å². The number of rotatable bonds is 4. The summed E-state index contributed by atoms with van der Waals surface area (Å²) in [6, 6.07) is 10.8. The number of hydrogen-bond donors (Lipinski definition) is 0. The fraction of sp³-hybridized carbons (Fsp3) is 0.480. The van der Waals surface area contributed by atoms with Gasteiger partial charge in [0.25, 0.3) is 0 Å². The van der Waals surface area contributed by atoms with Gasteiger partial charge < -0.3 is 14.4 Å². The van der Waals surface area contributed by atoms with Gasteiger partial charge in [-0.25, -0.2) is 12.8 Å². The summed E-state index contributed by atoms with van der Waals surface area (Å²) in [5.41, 5.74) is 1.05. The van der Waals surface area contributed by atoms with E-state index in [0.29, 0.717) is 32.6 Å². The summed E-state index contributed by atoms with van der Waals surface area (Å²) < 4.78 is 52.0. The zero-order valence-corrected chi connectivity index (χ0v) is 19.8. The van der Waals surface area contributed by atoms with E-state index in [1.54, 1.807) is 0 Å². The Morgan fingerprint density at radius 1 is 0.882 bits per heavy atom. The number of fused-ring (bicyclic) bond motifs is 1. The van der Waals surface area contributed by atoms with Crippen LogP contribution in [0.1, 0.15) is 43.7 Å². The quantitative estimate of drug-likeness (QED) is 0.655. The van der Waals surface area contributed by atoms with Crippen LogP contribution < -0.4 is 9.47 Å². The zero-order chi connectivity index (χ0) is 23.7. The van der Waals surface area contributed by atoms with Crippen LogP contribution in [0.5, 0.6) is 11.5 Å². The van der Waals surface area contributed by atoms with Crippen molar-refractivity contribution in [3.8, 4) is 11.5 Å². The molecule has 7 nitrogen and oxygen atoms in total. The summed E-state index contributed by atoms with van der Waals surface area (Å²) in [6.07, 6.45) is 3.62. The highest BCUT2D eigenvalue weighted by Gasteiger charge is 2.38. The van der Waals surface area contributed by atoms with E-state index in [1.165, 1.54) is 16.4 Å². The summed E-state index contributed by atoms with van der Waals surface area (Å²) >= 11 is 0. The summed E-state index contributed by atoms with van der Waals surface area (Å²) in [5, 5.41) is 0. The van der Waals surface area contributed by atoms with Gasteiger partial charge in [-0.1, -0.05) is 6.07 Å². The first kappa shape index (κ1) is 23.1. The minimum absolute atomic E-state index is 0.00868. The lowest BCUT2D eigenvalue weighted by atomic mass is 9.95. The van der Waals surface area contributed by atoms with Crippen molar-refractivity contribution in [3.05, 3.63) is 53.8 Å². The normalized spacial score (nSPS) is 21.9. The molecular formula is C25H29FN2O5S. The lowest BCUT2D eigenvalue weighted by Crippen LogP contribution is -2.44. The number of carbonyl (C=O) groups excluding carboxylic acids is 1. The summed E-state index contributed by atoms with van der Waals surface area (Å²) in [5.74, 6) is 0.881. The summed E-state index contributed by atoms with van der Waals surface area (Å²) in [7, 11) is -3.70. The molecule has 2 saturated heterocycles. The number of carbonyl (C=O) groups is 1. The Morgan fingerprint density at radius 3 is 2.32 bits per heavy atom. The van der Waals surface area contributed by atoms with Gasteiger partial charge in [0.15, 0.2) is 11.5 Å². The summed E-state index contributed by atoms with van der Waals surface area (Å²) in [6.45, 7) is 2.50.